The molecule has 0 atom stereocenters. The van der Waals surface area contributed by atoms with Crippen molar-refractivity contribution in [2.45, 2.75) is 0 Å². The molecule has 0 unspecified atom stereocenters. The van der Waals surface area contributed by atoms with E-state index < -0.39 is 0 Å². The van der Waals surface area contributed by atoms with Gasteiger partial charge in [-0.1, -0.05) is 12.1 Å². The molecule has 1 aromatic heterocycles. The Morgan fingerprint density at radius 2 is 1.92 bits per heavy atom. The molecule has 0 bridgehead atoms. The van der Waals surface area contributed by atoms with Gasteiger partial charge in [0, 0.05) is 14.5 Å². The Kier molecular flexibility index (Phi) is 2.41. The molecule has 1 aromatic carbocycles. The lowest BCUT2D eigenvalue weighted by molar-refractivity contribution is 1.41. The van der Waals surface area contributed by atoms with Crippen molar-refractivity contribution in [3.8, 4) is 11.3 Å². The molecule has 0 radical (unpaired) electrons. The van der Waals surface area contributed by atoms with Crippen molar-refractivity contribution in [1.29, 1.82) is 0 Å². The first-order valence-electron chi connectivity index (χ1n) is 3.50. The number of rotatable bonds is 1. The molecule has 0 saturated heterocycles. The summed E-state index contributed by atoms with van der Waals surface area (Å²) in [6, 6.07) is 8.37. The second kappa shape index (κ2) is 3.53. The first kappa shape index (κ1) is 8.19. The van der Waals surface area contributed by atoms with Crippen LogP contribution in [0.15, 0.2) is 35.2 Å². The van der Waals surface area contributed by atoms with E-state index in [9.17, 15) is 0 Å². The fourth-order valence-corrected chi connectivity index (χ4v) is 1.90. The highest BCUT2D eigenvalue weighted by atomic mass is 127. The summed E-state index contributed by atoms with van der Waals surface area (Å²) in [7, 11) is 0. The van der Waals surface area contributed by atoms with Gasteiger partial charge in [-0.2, -0.15) is 0 Å². The molecule has 0 fully saturated rings. The maximum atomic E-state index is 4.23. The van der Waals surface area contributed by atoms with Crippen LogP contribution in [-0.4, -0.2) is 4.98 Å². The third-order valence-electron chi connectivity index (χ3n) is 1.57. The second-order valence-electron chi connectivity index (χ2n) is 2.38. The minimum atomic E-state index is 1.07. The van der Waals surface area contributed by atoms with Crippen LogP contribution in [0.5, 0.6) is 0 Å². The molecule has 1 nitrogen and oxygen atoms in total. The Bertz CT molecular complexity index is 353. The Hall–Kier alpha value is -0.420. The van der Waals surface area contributed by atoms with Gasteiger partial charge in [-0.05, 0) is 34.7 Å². The van der Waals surface area contributed by atoms with Crippen LogP contribution < -0.4 is 0 Å². The molecule has 12 heavy (non-hydrogen) atoms. The monoisotopic (exact) mass is 287 g/mol. The van der Waals surface area contributed by atoms with Gasteiger partial charge >= 0.3 is 0 Å². The number of halogens is 1. The highest BCUT2D eigenvalue weighted by Crippen LogP contribution is 2.19. The molecule has 0 aliphatic carbocycles. The summed E-state index contributed by atoms with van der Waals surface area (Å²) in [6.45, 7) is 0. The zero-order valence-electron chi connectivity index (χ0n) is 6.20. The first-order valence-corrected chi connectivity index (χ1v) is 5.52. The number of hydrogen-bond acceptors (Lipinski definition) is 2. The van der Waals surface area contributed by atoms with E-state index >= 15 is 0 Å². The summed E-state index contributed by atoms with van der Waals surface area (Å²) >= 11 is 3.92. The summed E-state index contributed by atoms with van der Waals surface area (Å²) in [5, 5.41) is 2.06. The predicted molar refractivity (Wildman–Crippen MR) is 60.3 cm³/mol. The van der Waals surface area contributed by atoms with Gasteiger partial charge in [-0.15, -0.1) is 11.3 Å². The van der Waals surface area contributed by atoms with Crippen molar-refractivity contribution in [3.63, 3.8) is 0 Å². The van der Waals surface area contributed by atoms with Gasteiger partial charge in [0.1, 0.15) is 0 Å². The van der Waals surface area contributed by atoms with Crippen LogP contribution in [0.3, 0.4) is 0 Å². The smallest absolute Gasteiger partial charge is 0.0811 e. The van der Waals surface area contributed by atoms with Gasteiger partial charge < -0.3 is 0 Å². The summed E-state index contributed by atoms with van der Waals surface area (Å²) in [6.07, 6.45) is 0. The number of aromatic nitrogens is 1. The molecule has 2 aromatic rings. The lowest BCUT2D eigenvalue weighted by Crippen LogP contribution is -1.76. The molecule has 1 heterocycles. The van der Waals surface area contributed by atoms with E-state index in [1.165, 1.54) is 9.13 Å². The number of hydrogen-bond donors (Lipinski definition) is 0. The number of thiazole rings is 1. The molecule has 0 aliphatic heterocycles. The number of nitrogens with zero attached hydrogens (tertiary/aromatic N) is 1. The average molecular weight is 287 g/mol. The van der Waals surface area contributed by atoms with Gasteiger partial charge in [0.15, 0.2) is 0 Å². The molecule has 0 saturated carbocycles. The second-order valence-corrected chi connectivity index (χ2v) is 4.34. The van der Waals surface area contributed by atoms with Crippen molar-refractivity contribution in [1.82, 2.24) is 4.98 Å². The van der Waals surface area contributed by atoms with E-state index in [0.29, 0.717) is 0 Å². The quantitative estimate of drug-likeness (QED) is 0.732. The van der Waals surface area contributed by atoms with Gasteiger partial charge in [-0.25, -0.2) is 4.98 Å². The molecule has 3 heteroatoms. The summed E-state index contributed by atoms with van der Waals surface area (Å²) in [5.41, 5.74) is 4.11. The largest absolute Gasteiger partial charge is 0.245 e. The summed E-state index contributed by atoms with van der Waals surface area (Å²) < 4.78 is 1.26. The third kappa shape index (κ3) is 1.67. The Morgan fingerprint density at radius 3 is 2.50 bits per heavy atom. The maximum absolute atomic E-state index is 4.23. The molecular weight excluding hydrogens is 281 g/mol. The van der Waals surface area contributed by atoms with Gasteiger partial charge in [-0.3, -0.25) is 0 Å². The van der Waals surface area contributed by atoms with Crippen LogP contribution in [-0.2, 0) is 0 Å². The van der Waals surface area contributed by atoms with Crippen molar-refractivity contribution in [2.75, 3.05) is 0 Å². The molecule has 0 aliphatic rings. The third-order valence-corrected chi connectivity index (χ3v) is 2.88. The van der Waals surface area contributed by atoms with E-state index in [-0.39, 0.29) is 0 Å². The molecule has 2 rings (SSSR count). The van der Waals surface area contributed by atoms with Gasteiger partial charge in [0.2, 0.25) is 0 Å². The van der Waals surface area contributed by atoms with E-state index in [4.69, 9.17) is 0 Å². The number of benzene rings is 1. The highest BCUT2D eigenvalue weighted by molar-refractivity contribution is 14.1. The van der Waals surface area contributed by atoms with Gasteiger partial charge in [0.25, 0.3) is 0 Å². The topological polar surface area (TPSA) is 12.9 Å². The standard InChI is InChI=1S/C9H6INS/c10-8-3-1-7(2-4-8)9-5-12-6-11-9/h1-6H. The average Bonchev–Trinajstić information content (AvgIpc) is 2.58. The minimum Gasteiger partial charge on any atom is -0.245 e. The zero-order valence-corrected chi connectivity index (χ0v) is 9.17. The highest BCUT2D eigenvalue weighted by Gasteiger charge is 1.97. The molecule has 60 valence electrons. The van der Waals surface area contributed by atoms with Crippen LogP contribution in [0, 0.1) is 3.57 Å². The van der Waals surface area contributed by atoms with Crippen LogP contribution in [0.1, 0.15) is 0 Å². The Balaban J connectivity index is 2.43. The van der Waals surface area contributed by atoms with Crippen LogP contribution >= 0.6 is 33.9 Å². The zero-order chi connectivity index (χ0) is 8.39. The van der Waals surface area contributed by atoms with E-state index in [0.717, 1.165) is 5.69 Å². The van der Waals surface area contributed by atoms with E-state index in [1.54, 1.807) is 11.3 Å². The van der Waals surface area contributed by atoms with E-state index in [2.05, 4.69) is 57.2 Å². The molecular formula is C9H6INS. The van der Waals surface area contributed by atoms with Crippen LogP contribution in [0.2, 0.25) is 0 Å². The Morgan fingerprint density at radius 1 is 1.17 bits per heavy atom. The Labute approximate surface area is 88.6 Å². The lowest BCUT2D eigenvalue weighted by Gasteiger charge is -1.95. The maximum Gasteiger partial charge on any atom is 0.0811 e. The molecule has 0 spiro atoms. The van der Waals surface area contributed by atoms with Crippen molar-refractivity contribution in [2.24, 2.45) is 0 Å². The minimum absolute atomic E-state index is 1.07. The fourth-order valence-electron chi connectivity index (χ4n) is 0.976. The lowest BCUT2D eigenvalue weighted by atomic mass is 10.2. The van der Waals surface area contributed by atoms with Gasteiger partial charge in [0.05, 0.1) is 11.2 Å². The van der Waals surface area contributed by atoms with Crippen molar-refractivity contribution in [3.05, 3.63) is 38.7 Å². The first-order chi connectivity index (χ1) is 5.86. The van der Waals surface area contributed by atoms with Crippen molar-refractivity contribution < 1.29 is 0 Å². The van der Waals surface area contributed by atoms with Crippen LogP contribution in [0.25, 0.3) is 11.3 Å². The molecule has 0 amide bonds. The van der Waals surface area contributed by atoms with Crippen LogP contribution in [0.4, 0.5) is 0 Å². The summed E-state index contributed by atoms with van der Waals surface area (Å²) in [4.78, 5) is 4.23. The summed E-state index contributed by atoms with van der Waals surface area (Å²) in [5.74, 6) is 0. The molecule has 0 N–H and O–H groups in total. The normalized spacial score (nSPS) is 10.1. The SMILES string of the molecule is Ic1ccc(-c2cscn2)cc1. The predicted octanol–water partition coefficient (Wildman–Crippen LogP) is 3.41. The van der Waals surface area contributed by atoms with Crippen molar-refractivity contribution >= 4 is 33.9 Å². The fraction of sp³-hybridized carbons (Fsp3) is 0. The van der Waals surface area contributed by atoms with E-state index in [1.807, 2.05) is 5.51 Å².